The first kappa shape index (κ1) is 19.3. The molecule has 0 saturated carbocycles. The predicted molar refractivity (Wildman–Crippen MR) is 104 cm³/mol. The summed E-state index contributed by atoms with van der Waals surface area (Å²) >= 11 is 0. The molecule has 1 aromatic heterocycles. The van der Waals surface area contributed by atoms with E-state index in [0.29, 0.717) is 12.3 Å². The van der Waals surface area contributed by atoms with Crippen LogP contribution in [0.4, 0.5) is 0 Å². The zero-order chi connectivity index (χ0) is 18.2. The molecule has 0 N–H and O–H groups in total. The third kappa shape index (κ3) is 5.76. The largest absolute Gasteiger partial charge is 0.340 e. The molecule has 3 heterocycles. The molecule has 26 heavy (non-hydrogen) atoms. The van der Waals surface area contributed by atoms with Gasteiger partial charge in [-0.1, -0.05) is 6.92 Å². The van der Waals surface area contributed by atoms with Crippen molar-refractivity contribution in [3.05, 3.63) is 30.1 Å². The first-order valence-electron chi connectivity index (χ1n) is 10.1. The Balaban J connectivity index is 1.31. The Morgan fingerprint density at radius 3 is 2.12 bits per heavy atom. The zero-order valence-electron chi connectivity index (χ0n) is 16.1. The number of pyridine rings is 1. The van der Waals surface area contributed by atoms with Crippen LogP contribution in [0.15, 0.2) is 24.5 Å². The van der Waals surface area contributed by atoms with Gasteiger partial charge in [0, 0.05) is 84.3 Å². The van der Waals surface area contributed by atoms with Gasteiger partial charge in [0.05, 0.1) is 0 Å². The van der Waals surface area contributed by atoms with Gasteiger partial charge in [0.15, 0.2) is 0 Å². The first-order valence-corrected chi connectivity index (χ1v) is 10.1. The summed E-state index contributed by atoms with van der Waals surface area (Å²) < 4.78 is 0. The lowest BCUT2D eigenvalue weighted by Crippen LogP contribution is -2.50. The summed E-state index contributed by atoms with van der Waals surface area (Å²) in [5, 5.41) is 0. The summed E-state index contributed by atoms with van der Waals surface area (Å²) in [5.41, 5.74) is 1.33. The molecule has 6 nitrogen and oxygen atoms in total. The molecule has 0 aromatic carbocycles. The average Bonchev–Trinajstić information content (AvgIpc) is 2.72. The molecule has 0 atom stereocenters. The van der Waals surface area contributed by atoms with Crippen molar-refractivity contribution in [2.45, 2.75) is 19.8 Å². The molecule has 2 aliphatic heterocycles. The van der Waals surface area contributed by atoms with E-state index in [1.807, 2.05) is 12.4 Å². The Morgan fingerprint density at radius 1 is 0.885 bits per heavy atom. The molecular formula is C20H33N5O. The number of aromatic nitrogens is 1. The number of hydrogen-bond donors (Lipinski definition) is 0. The highest BCUT2D eigenvalue weighted by Crippen LogP contribution is 2.08. The molecule has 1 aromatic rings. The molecule has 0 aliphatic carbocycles. The van der Waals surface area contributed by atoms with Crippen LogP contribution in [0.2, 0.25) is 0 Å². The average molecular weight is 360 g/mol. The zero-order valence-corrected chi connectivity index (χ0v) is 16.1. The van der Waals surface area contributed by atoms with Crippen molar-refractivity contribution in [1.29, 1.82) is 0 Å². The molecule has 2 aliphatic rings. The Kier molecular flexibility index (Phi) is 7.41. The molecular weight excluding hydrogens is 326 g/mol. The van der Waals surface area contributed by atoms with E-state index in [0.717, 1.165) is 78.4 Å². The Bertz CT molecular complexity index is 536. The third-order valence-corrected chi connectivity index (χ3v) is 5.75. The van der Waals surface area contributed by atoms with Gasteiger partial charge in [-0.3, -0.25) is 14.7 Å². The summed E-state index contributed by atoms with van der Waals surface area (Å²) in [6, 6.07) is 4.17. The fraction of sp³-hybridized carbons (Fsp3) is 0.700. The standard InChI is InChI=1S/C20H33N5O/c1-2-22-11-13-24(14-12-22)10-6-20(26)25-17-15-23(16-18-25)9-5-19-3-7-21-8-4-19/h3-4,7-8H,2,5-6,9-18H2,1H3. The normalized spacial score (nSPS) is 20.4. The fourth-order valence-electron chi connectivity index (χ4n) is 3.80. The summed E-state index contributed by atoms with van der Waals surface area (Å²) in [7, 11) is 0. The van der Waals surface area contributed by atoms with Gasteiger partial charge in [-0.25, -0.2) is 0 Å². The van der Waals surface area contributed by atoms with Crippen LogP contribution >= 0.6 is 0 Å². The number of rotatable bonds is 7. The molecule has 0 unspecified atom stereocenters. The second kappa shape index (κ2) is 10.00. The lowest BCUT2D eigenvalue weighted by atomic mass is 10.2. The minimum absolute atomic E-state index is 0.330. The summed E-state index contributed by atoms with van der Waals surface area (Å²) in [6.07, 6.45) is 5.44. The molecule has 2 saturated heterocycles. The Labute approximate surface area is 157 Å². The highest BCUT2D eigenvalue weighted by Gasteiger charge is 2.22. The van der Waals surface area contributed by atoms with Crippen LogP contribution in [0.5, 0.6) is 0 Å². The van der Waals surface area contributed by atoms with Crippen LogP contribution in [0, 0.1) is 0 Å². The lowest BCUT2D eigenvalue weighted by molar-refractivity contribution is -0.133. The van der Waals surface area contributed by atoms with E-state index in [2.05, 4.69) is 43.6 Å². The van der Waals surface area contributed by atoms with Crippen molar-refractivity contribution in [3.8, 4) is 0 Å². The second-order valence-electron chi connectivity index (χ2n) is 7.35. The van der Waals surface area contributed by atoms with Crippen LogP contribution in [0.3, 0.4) is 0 Å². The molecule has 1 amide bonds. The van der Waals surface area contributed by atoms with Crippen LogP contribution in [-0.4, -0.2) is 102 Å². The Morgan fingerprint density at radius 2 is 1.46 bits per heavy atom. The monoisotopic (exact) mass is 359 g/mol. The van der Waals surface area contributed by atoms with Gasteiger partial charge in [0.25, 0.3) is 0 Å². The molecule has 3 rings (SSSR count). The molecule has 144 valence electrons. The maximum atomic E-state index is 12.5. The van der Waals surface area contributed by atoms with Crippen molar-refractivity contribution >= 4 is 5.91 Å². The number of amides is 1. The van der Waals surface area contributed by atoms with Crippen molar-refractivity contribution < 1.29 is 4.79 Å². The molecule has 2 fully saturated rings. The number of carbonyl (C=O) groups excluding carboxylic acids is 1. The summed E-state index contributed by atoms with van der Waals surface area (Å²) in [6.45, 7) is 13.5. The predicted octanol–water partition coefficient (Wildman–Crippen LogP) is 0.796. The van der Waals surface area contributed by atoms with Gasteiger partial charge < -0.3 is 14.7 Å². The van der Waals surface area contributed by atoms with Gasteiger partial charge >= 0.3 is 0 Å². The van der Waals surface area contributed by atoms with E-state index in [1.165, 1.54) is 5.56 Å². The van der Waals surface area contributed by atoms with Crippen molar-refractivity contribution in [1.82, 2.24) is 24.6 Å². The van der Waals surface area contributed by atoms with Crippen LogP contribution < -0.4 is 0 Å². The van der Waals surface area contributed by atoms with E-state index in [1.54, 1.807) is 0 Å². The third-order valence-electron chi connectivity index (χ3n) is 5.75. The SMILES string of the molecule is CCN1CCN(CCC(=O)N2CCN(CCc3ccncc3)CC2)CC1. The van der Waals surface area contributed by atoms with Crippen LogP contribution in [0.25, 0.3) is 0 Å². The van der Waals surface area contributed by atoms with E-state index in [9.17, 15) is 4.79 Å². The smallest absolute Gasteiger partial charge is 0.223 e. The fourth-order valence-corrected chi connectivity index (χ4v) is 3.80. The quantitative estimate of drug-likeness (QED) is 0.720. The number of nitrogens with zero attached hydrogens (tertiary/aromatic N) is 5. The van der Waals surface area contributed by atoms with Crippen LogP contribution in [-0.2, 0) is 11.2 Å². The summed E-state index contributed by atoms with van der Waals surface area (Å²) in [4.78, 5) is 26.0. The van der Waals surface area contributed by atoms with E-state index < -0.39 is 0 Å². The van der Waals surface area contributed by atoms with Crippen molar-refractivity contribution in [3.63, 3.8) is 0 Å². The topological polar surface area (TPSA) is 42.9 Å². The summed E-state index contributed by atoms with van der Waals surface area (Å²) in [5.74, 6) is 0.330. The minimum atomic E-state index is 0.330. The van der Waals surface area contributed by atoms with Gasteiger partial charge in [0.1, 0.15) is 0 Å². The van der Waals surface area contributed by atoms with Gasteiger partial charge in [-0.05, 0) is 30.7 Å². The first-order chi connectivity index (χ1) is 12.7. The molecule has 0 bridgehead atoms. The van der Waals surface area contributed by atoms with Gasteiger partial charge in [-0.15, -0.1) is 0 Å². The number of likely N-dealkylation sites (N-methyl/N-ethyl adjacent to an activating group) is 1. The van der Waals surface area contributed by atoms with Crippen molar-refractivity contribution in [2.75, 3.05) is 72.0 Å². The minimum Gasteiger partial charge on any atom is -0.340 e. The number of piperazine rings is 2. The van der Waals surface area contributed by atoms with Gasteiger partial charge in [0.2, 0.25) is 5.91 Å². The van der Waals surface area contributed by atoms with Gasteiger partial charge in [-0.2, -0.15) is 0 Å². The number of carbonyl (C=O) groups is 1. The Hall–Kier alpha value is -1.50. The number of hydrogen-bond acceptors (Lipinski definition) is 5. The highest BCUT2D eigenvalue weighted by atomic mass is 16.2. The van der Waals surface area contributed by atoms with E-state index in [4.69, 9.17) is 0 Å². The molecule has 0 spiro atoms. The van der Waals surface area contributed by atoms with E-state index >= 15 is 0 Å². The highest BCUT2D eigenvalue weighted by molar-refractivity contribution is 5.76. The second-order valence-corrected chi connectivity index (χ2v) is 7.35. The molecule has 0 radical (unpaired) electrons. The molecule has 6 heteroatoms. The van der Waals surface area contributed by atoms with E-state index in [-0.39, 0.29) is 0 Å². The maximum Gasteiger partial charge on any atom is 0.223 e. The maximum absolute atomic E-state index is 12.5. The van der Waals surface area contributed by atoms with Crippen LogP contribution in [0.1, 0.15) is 18.9 Å². The lowest BCUT2D eigenvalue weighted by Gasteiger charge is -2.36. The van der Waals surface area contributed by atoms with Crippen molar-refractivity contribution in [2.24, 2.45) is 0 Å².